The molecule has 0 saturated carbocycles. The lowest BCUT2D eigenvalue weighted by Gasteiger charge is -2.40. The Morgan fingerprint density at radius 1 is 0.774 bits per heavy atom. The largest absolute Gasteiger partial charge is 0.303 e. The highest BCUT2D eigenvalue weighted by Gasteiger charge is 2.31. The Bertz CT molecular complexity index is 904. The smallest absolute Gasteiger partial charge is 0.0281 e. The van der Waals surface area contributed by atoms with E-state index in [1.165, 1.54) is 27.1 Å². The monoisotopic (exact) mass is 449 g/mol. The third-order valence-electron chi connectivity index (χ3n) is 6.23. The standard InChI is InChI=1S/C28H35NS2/c1-4-28(29(2)3,21-23-9-6-5-7-10-23)22-24-11-13-25(14-12-24)26-15-17-27(18-16-26)31-20-8-19-30/h5-7,9-18,30H,4,8,19-22H2,1-3H3. The summed E-state index contributed by atoms with van der Waals surface area (Å²) in [6.45, 7) is 2.31. The quantitative estimate of drug-likeness (QED) is 0.186. The molecule has 3 heteroatoms. The maximum atomic E-state index is 4.29. The first-order chi connectivity index (χ1) is 15.1. The Labute approximate surface area is 198 Å². The van der Waals surface area contributed by atoms with Crippen molar-refractivity contribution < 1.29 is 0 Å². The van der Waals surface area contributed by atoms with Crippen LogP contribution < -0.4 is 0 Å². The van der Waals surface area contributed by atoms with Gasteiger partial charge in [0.1, 0.15) is 0 Å². The number of hydrogen-bond acceptors (Lipinski definition) is 3. The van der Waals surface area contributed by atoms with Gasteiger partial charge in [0.15, 0.2) is 0 Å². The molecule has 0 spiro atoms. The van der Waals surface area contributed by atoms with E-state index in [1.807, 2.05) is 11.8 Å². The van der Waals surface area contributed by atoms with Crippen LogP contribution in [0.2, 0.25) is 0 Å². The number of benzene rings is 3. The minimum atomic E-state index is 0.120. The molecule has 1 atom stereocenters. The molecular formula is C28H35NS2. The summed E-state index contributed by atoms with van der Waals surface area (Å²) in [6.07, 6.45) is 4.37. The van der Waals surface area contributed by atoms with E-state index in [0.717, 1.165) is 37.2 Å². The van der Waals surface area contributed by atoms with Gasteiger partial charge in [0.05, 0.1) is 0 Å². The van der Waals surface area contributed by atoms with E-state index < -0.39 is 0 Å². The molecule has 0 aliphatic heterocycles. The minimum Gasteiger partial charge on any atom is -0.303 e. The number of rotatable bonds is 11. The van der Waals surface area contributed by atoms with Crippen molar-refractivity contribution in [2.24, 2.45) is 0 Å². The van der Waals surface area contributed by atoms with Crippen molar-refractivity contribution in [2.45, 2.75) is 43.0 Å². The topological polar surface area (TPSA) is 3.24 Å². The summed E-state index contributed by atoms with van der Waals surface area (Å²) in [5.74, 6) is 2.08. The van der Waals surface area contributed by atoms with Crippen molar-refractivity contribution in [1.82, 2.24) is 4.90 Å². The average molecular weight is 450 g/mol. The van der Waals surface area contributed by atoms with E-state index in [1.54, 1.807) is 0 Å². The van der Waals surface area contributed by atoms with Crippen LogP contribution in [0.1, 0.15) is 30.9 Å². The van der Waals surface area contributed by atoms with Gasteiger partial charge in [-0.1, -0.05) is 73.7 Å². The van der Waals surface area contributed by atoms with Crippen LogP contribution in [0.25, 0.3) is 11.1 Å². The molecule has 3 aromatic carbocycles. The van der Waals surface area contributed by atoms with Gasteiger partial charge in [0.25, 0.3) is 0 Å². The number of thioether (sulfide) groups is 1. The summed E-state index contributed by atoms with van der Waals surface area (Å²) in [5.41, 5.74) is 5.49. The molecule has 0 aliphatic carbocycles. The second kappa shape index (κ2) is 11.8. The number of likely N-dealkylation sites (N-methyl/N-ethyl adjacent to an activating group) is 1. The van der Waals surface area contributed by atoms with E-state index in [4.69, 9.17) is 0 Å². The zero-order valence-electron chi connectivity index (χ0n) is 19.1. The van der Waals surface area contributed by atoms with Crippen LogP contribution in [0.4, 0.5) is 0 Å². The summed E-state index contributed by atoms with van der Waals surface area (Å²) >= 11 is 6.20. The van der Waals surface area contributed by atoms with Gasteiger partial charge in [-0.05, 0) is 85.7 Å². The van der Waals surface area contributed by atoms with Gasteiger partial charge < -0.3 is 4.90 Å². The highest BCUT2D eigenvalue weighted by atomic mass is 32.2. The molecule has 3 rings (SSSR count). The molecule has 164 valence electrons. The molecule has 0 heterocycles. The first-order valence-electron chi connectivity index (χ1n) is 11.2. The van der Waals surface area contributed by atoms with Gasteiger partial charge in [0.2, 0.25) is 0 Å². The van der Waals surface area contributed by atoms with Gasteiger partial charge in [0, 0.05) is 10.4 Å². The first kappa shape index (κ1) is 24.0. The van der Waals surface area contributed by atoms with Crippen molar-refractivity contribution in [2.75, 3.05) is 25.6 Å². The van der Waals surface area contributed by atoms with E-state index in [0.29, 0.717) is 0 Å². The van der Waals surface area contributed by atoms with Crippen molar-refractivity contribution in [3.05, 3.63) is 90.0 Å². The van der Waals surface area contributed by atoms with E-state index in [2.05, 4.69) is 117 Å². The maximum absolute atomic E-state index is 4.29. The van der Waals surface area contributed by atoms with Gasteiger partial charge in [-0.25, -0.2) is 0 Å². The fraction of sp³-hybridized carbons (Fsp3) is 0.357. The molecule has 0 fully saturated rings. The Morgan fingerprint density at radius 2 is 1.32 bits per heavy atom. The second-order valence-electron chi connectivity index (χ2n) is 8.46. The first-order valence-corrected chi connectivity index (χ1v) is 12.8. The lowest BCUT2D eigenvalue weighted by molar-refractivity contribution is 0.143. The van der Waals surface area contributed by atoms with E-state index >= 15 is 0 Å². The van der Waals surface area contributed by atoms with Crippen molar-refractivity contribution in [1.29, 1.82) is 0 Å². The molecule has 0 saturated heterocycles. The molecule has 31 heavy (non-hydrogen) atoms. The fourth-order valence-corrected chi connectivity index (χ4v) is 5.34. The summed E-state index contributed by atoms with van der Waals surface area (Å²) in [7, 11) is 4.44. The van der Waals surface area contributed by atoms with Crippen LogP contribution in [-0.4, -0.2) is 36.0 Å². The molecule has 0 bridgehead atoms. The SMILES string of the molecule is CCC(Cc1ccccc1)(Cc1ccc(-c2ccc(SCCCS)cc2)cc1)N(C)C. The Kier molecular flexibility index (Phi) is 9.13. The average Bonchev–Trinajstić information content (AvgIpc) is 2.80. The van der Waals surface area contributed by atoms with Crippen molar-refractivity contribution >= 4 is 24.4 Å². The third-order valence-corrected chi connectivity index (χ3v) is 7.64. The highest BCUT2D eigenvalue weighted by molar-refractivity contribution is 7.99. The van der Waals surface area contributed by atoms with Gasteiger partial charge in [-0.2, -0.15) is 12.6 Å². The Morgan fingerprint density at radius 3 is 1.84 bits per heavy atom. The van der Waals surface area contributed by atoms with Crippen LogP contribution in [0.15, 0.2) is 83.8 Å². The molecular weight excluding hydrogens is 414 g/mol. The number of nitrogens with zero attached hydrogens (tertiary/aromatic N) is 1. The Balaban J connectivity index is 1.72. The minimum absolute atomic E-state index is 0.120. The number of thiol groups is 1. The summed E-state index contributed by atoms with van der Waals surface area (Å²) in [4.78, 5) is 3.75. The summed E-state index contributed by atoms with van der Waals surface area (Å²) < 4.78 is 0. The second-order valence-corrected chi connectivity index (χ2v) is 10.1. The van der Waals surface area contributed by atoms with E-state index in [-0.39, 0.29) is 5.54 Å². The molecule has 0 aromatic heterocycles. The Hall–Kier alpha value is -1.68. The van der Waals surface area contributed by atoms with Crippen LogP contribution in [0.5, 0.6) is 0 Å². The van der Waals surface area contributed by atoms with Gasteiger partial charge >= 0.3 is 0 Å². The zero-order chi connectivity index (χ0) is 22.1. The molecule has 0 radical (unpaired) electrons. The lowest BCUT2D eigenvalue weighted by atomic mass is 9.81. The molecule has 1 nitrogen and oxygen atoms in total. The number of hydrogen-bond donors (Lipinski definition) is 1. The van der Waals surface area contributed by atoms with Crippen LogP contribution >= 0.6 is 24.4 Å². The molecule has 3 aromatic rings. The van der Waals surface area contributed by atoms with Gasteiger partial charge in [-0.3, -0.25) is 0 Å². The zero-order valence-corrected chi connectivity index (χ0v) is 20.8. The van der Waals surface area contributed by atoms with E-state index in [9.17, 15) is 0 Å². The molecule has 0 aliphatic rings. The maximum Gasteiger partial charge on any atom is 0.0281 e. The van der Waals surface area contributed by atoms with Crippen LogP contribution in [-0.2, 0) is 12.8 Å². The van der Waals surface area contributed by atoms with Crippen LogP contribution in [0, 0.1) is 0 Å². The normalized spacial score (nSPS) is 13.3. The summed E-state index contributed by atoms with van der Waals surface area (Å²) in [6, 6.07) is 29.0. The van der Waals surface area contributed by atoms with Crippen molar-refractivity contribution in [3.63, 3.8) is 0 Å². The molecule has 0 N–H and O–H groups in total. The summed E-state index contributed by atoms with van der Waals surface area (Å²) in [5, 5.41) is 0. The highest BCUT2D eigenvalue weighted by Crippen LogP contribution is 2.29. The fourth-order valence-electron chi connectivity index (χ4n) is 4.11. The molecule has 0 amide bonds. The lowest BCUT2D eigenvalue weighted by Crippen LogP contribution is -2.47. The van der Waals surface area contributed by atoms with Gasteiger partial charge in [-0.15, -0.1) is 11.8 Å². The third kappa shape index (κ3) is 6.65. The predicted molar refractivity (Wildman–Crippen MR) is 142 cm³/mol. The van der Waals surface area contributed by atoms with Crippen molar-refractivity contribution in [3.8, 4) is 11.1 Å². The van der Waals surface area contributed by atoms with Crippen LogP contribution in [0.3, 0.4) is 0 Å². The predicted octanol–water partition coefficient (Wildman–Crippen LogP) is 7.26. The molecule has 1 unspecified atom stereocenters.